The monoisotopic (exact) mass is 212 g/mol. The maximum Gasteiger partial charge on any atom is 1.00 e. The van der Waals surface area contributed by atoms with Gasteiger partial charge in [0.25, 0.3) is 0 Å². The molecule has 0 aliphatic rings. The summed E-state index contributed by atoms with van der Waals surface area (Å²) in [5.41, 5.74) is 0. The second kappa shape index (κ2) is 3.90. The van der Waals surface area contributed by atoms with Crippen LogP contribution in [0.4, 0.5) is 0 Å². The van der Waals surface area contributed by atoms with Crippen LogP contribution in [0, 0.1) is 0 Å². The number of hydrogen-bond acceptors (Lipinski definition) is 7. The number of rotatable bonds is 2. The third-order valence-electron chi connectivity index (χ3n) is 0.200. The maximum absolute atomic E-state index is 9.32. The molecule has 0 fully saturated rings. The molecule has 0 saturated carbocycles. The van der Waals surface area contributed by atoms with Crippen molar-refractivity contribution in [2.24, 2.45) is 0 Å². The Morgan fingerprint density at radius 3 is 1.20 bits per heavy atom. The molecule has 0 aromatic heterocycles. The summed E-state index contributed by atoms with van der Waals surface area (Å²) in [5, 5.41) is 0. The van der Waals surface area contributed by atoms with Crippen molar-refractivity contribution < 1.29 is 37.3 Å². The SMILES string of the molecule is O=P([O-])([O-])OP(=O)([O-])[O-].[H+].[H+].[H+].[PH4+]. The largest absolute Gasteiger partial charge is 1.00 e. The van der Waals surface area contributed by atoms with Crippen molar-refractivity contribution in [2.45, 2.75) is 0 Å². The number of hydrogen-bond donors (Lipinski definition) is 0. The van der Waals surface area contributed by atoms with E-state index in [0.717, 1.165) is 0 Å². The van der Waals surface area contributed by atoms with Gasteiger partial charge in [-0.15, -0.1) is 0 Å². The normalized spacial score (nSPS) is 12.4. The van der Waals surface area contributed by atoms with Crippen molar-refractivity contribution in [1.82, 2.24) is 0 Å². The average Bonchev–Trinajstić information content (AvgIpc) is 1.14. The van der Waals surface area contributed by atoms with E-state index in [-0.39, 0.29) is 14.2 Å². The van der Waals surface area contributed by atoms with Crippen LogP contribution in [0.3, 0.4) is 0 Å². The zero-order valence-corrected chi connectivity index (χ0v) is 8.54. The fourth-order valence-corrected chi connectivity index (χ4v) is 1.10. The van der Waals surface area contributed by atoms with Crippen LogP contribution in [0.2, 0.25) is 0 Å². The first-order valence-corrected chi connectivity index (χ1v) is 4.38. The molecule has 0 heterocycles. The van der Waals surface area contributed by atoms with Crippen LogP contribution >= 0.6 is 25.5 Å². The van der Waals surface area contributed by atoms with Crippen molar-refractivity contribution in [2.75, 3.05) is 0 Å². The van der Waals surface area contributed by atoms with Crippen LogP contribution < -0.4 is 19.6 Å². The summed E-state index contributed by atoms with van der Waals surface area (Å²) in [7, 11) is -11.4. The van der Waals surface area contributed by atoms with Gasteiger partial charge in [-0.25, -0.2) is 0 Å². The van der Waals surface area contributed by atoms with Crippen molar-refractivity contribution in [3.63, 3.8) is 0 Å². The highest BCUT2D eigenvalue weighted by Crippen LogP contribution is 2.42. The van der Waals surface area contributed by atoms with Gasteiger partial charge >= 0.3 is 4.28 Å². The Hall–Kier alpha value is 0.690. The van der Waals surface area contributed by atoms with Gasteiger partial charge in [-0.3, -0.25) is 0 Å². The van der Waals surface area contributed by atoms with E-state index in [4.69, 9.17) is 0 Å². The van der Waals surface area contributed by atoms with E-state index in [1.807, 2.05) is 0 Å². The van der Waals surface area contributed by atoms with Gasteiger partial charge in [0.2, 0.25) is 0 Å². The summed E-state index contributed by atoms with van der Waals surface area (Å²) in [4.78, 5) is 37.3. The highest BCUT2D eigenvalue weighted by Gasteiger charge is 1.92. The molecule has 0 aromatic rings. The van der Waals surface area contributed by atoms with E-state index >= 15 is 0 Å². The first-order chi connectivity index (χ1) is 3.71. The molecule has 10 heteroatoms. The first kappa shape index (κ1) is 13.3. The van der Waals surface area contributed by atoms with Gasteiger partial charge in [-0.1, -0.05) is 0 Å². The summed E-state index contributed by atoms with van der Waals surface area (Å²) < 4.78 is 21.2. The molecule has 0 rings (SSSR count). The van der Waals surface area contributed by atoms with Crippen molar-refractivity contribution in [3.05, 3.63) is 0 Å². The fourth-order valence-electron chi connectivity index (χ4n) is 0.122. The minimum absolute atomic E-state index is 0. The molecule has 0 saturated heterocycles. The fraction of sp³-hybridized carbons (Fsp3) is 0. The van der Waals surface area contributed by atoms with Crippen molar-refractivity contribution >= 4 is 25.5 Å². The first-order valence-electron chi connectivity index (χ1n) is 1.46. The van der Waals surface area contributed by atoms with E-state index in [1.54, 1.807) is 0 Å². The van der Waals surface area contributed by atoms with Crippen LogP contribution in [0.5, 0.6) is 0 Å². The van der Waals surface area contributed by atoms with Gasteiger partial charge in [0.1, 0.15) is 0 Å². The third kappa shape index (κ3) is 11.5. The second-order valence-corrected chi connectivity index (χ2v) is 3.42. The molecule has 0 spiro atoms. The summed E-state index contributed by atoms with van der Waals surface area (Å²) in [6.45, 7) is 0. The molecular weight excluding hydrogens is 205 g/mol. The standard InChI is InChI=1S/H4O7P2.H3P/c1-8(2,3)7-9(4,5)6;/h(H2,1,2,3)(H2,4,5,6);1H3. The Balaban J connectivity index is -0.0000000533. The van der Waals surface area contributed by atoms with E-state index in [9.17, 15) is 28.7 Å². The van der Waals surface area contributed by atoms with Crippen LogP contribution in [0.1, 0.15) is 4.28 Å². The topological polar surface area (TPSA) is 136 Å². The Morgan fingerprint density at radius 2 is 1.20 bits per heavy atom. The van der Waals surface area contributed by atoms with E-state index in [0.29, 0.717) is 0 Å². The van der Waals surface area contributed by atoms with Gasteiger partial charge < -0.3 is 33.0 Å². The van der Waals surface area contributed by atoms with Crippen LogP contribution in [0.15, 0.2) is 0 Å². The van der Waals surface area contributed by atoms with Crippen LogP contribution in [-0.2, 0) is 13.4 Å². The lowest BCUT2D eigenvalue weighted by Gasteiger charge is -2.39. The molecule has 7 nitrogen and oxygen atoms in total. The van der Waals surface area contributed by atoms with E-state index in [1.165, 1.54) is 0 Å². The highest BCUT2D eigenvalue weighted by atomic mass is 31.3. The molecular formula is H7O7P3. The summed E-state index contributed by atoms with van der Waals surface area (Å²) >= 11 is 0. The molecule has 0 aliphatic carbocycles. The number of phosphoric acid groups is 2. The second-order valence-electron chi connectivity index (χ2n) is 0.976. The molecule has 1 atom stereocenters. The Labute approximate surface area is 64.0 Å². The highest BCUT2D eigenvalue weighted by molar-refractivity contribution is 7.57. The van der Waals surface area contributed by atoms with Gasteiger partial charge in [0, 0.05) is 0 Å². The predicted molar refractivity (Wildman–Crippen MR) is 32.1 cm³/mol. The molecule has 0 N–H and O–H groups in total. The van der Waals surface area contributed by atoms with E-state index in [2.05, 4.69) is 4.31 Å². The average molecular weight is 212 g/mol. The van der Waals surface area contributed by atoms with Gasteiger partial charge in [0.05, 0.1) is 15.6 Å². The predicted octanol–water partition coefficient (Wildman–Crippen LogP) is -3.21. The lowest BCUT2D eigenvalue weighted by Crippen LogP contribution is -2.23. The molecule has 0 aromatic carbocycles. The van der Waals surface area contributed by atoms with Crippen LogP contribution in [0.25, 0.3) is 0 Å². The lowest BCUT2D eigenvalue weighted by molar-refractivity contribution is -0.364. The lowest BCUT2D eigenvalue weighted by atomic mass is 15.7. The van der Waals surface area contributed by atoms with Crippen molar-refractivity contribution in [1.29, 1.82) is 0 Å². The zero-order chi connectivity index (χ0) is 7.71. The molecule has 0 radical (unpaired) electrons. The Morgan fingerprint density at radius 1 is 1.00 bits per heavy atom. The Kier molecular flexibility index (Phi) is 5.19. The van der Waals surface area contributed by atoms with Gasteiger partial charge in [0.15, 0.2) is 0 Å². The smallest absolute Gasteiger partial charge is 0.790 e. The van der Waals surface area contributed by atoms with E-state index < -0.39 is 15.6 Å². The summed E-state index contributed by atoms with van der Waals surface area (Å²) in [5.74, 6) is 0. The maximum atomic E-state index is 9.32. The minimum Gasteiger partial charge on any atom is -0.790 e. The molecule has 10 heavy (non-hydrogen) atoms. The molecule has 1 unspecified atom stereocenters. The van der Waals surface area contributed by atoms with Gasteiger partial charge in [-0.2, -0.15) is 0 Å². The zero-order valence-electron chi connectivity index (χ0n) is 7.75. The van der Waals surface area contributed by atoms with Crippen LogP contribution in [-0.4, -0.2) is 0 Å². The quantitative estimate of drug-likeness (QED) is 0.439. The molecule has 0 amide bonds. The summed E-state index contributed by atoms with van der Waals surface area (Å²) in [6.07, 6.45) is 0. The minimum atomic E-state index is -5.68. The molecule has 0 aliphatic heterocycles. The molecule has 0 bridgehead atoms. The molecule has 64 valence electrons. The Bertz CT molecular complexity index is 159. The summed E-state index contributed by atoms with van der Waals surface area (Å²) in [6, 6.07) is 0. The van der Waals surface area contributed by atoms with Crippen molar-refractivity contribution in [3.8, 4) is 0 Å². The van der Waals surface area contributed by atoms with Gasteiger partial charge in [-0.05, 0) is 9.90 Å². The third-order valence-corrected chi connectivity index (χ3v) is 1.80.